The van der Waals surface area contributed by atoms with Crippen molar-refractivity contribution in [1.82, 2.24) is 0 Å². The fraction of sp³-hybridized carbons (Fsp3) is 0.300. The summed E-state index contributed by atoms with van der Waals surface area (Å²) in [6.07, 6.45) is 1.91. The molecule has 0 bridgehead atoms. The topological polar surface area (TPSA) is 43.1 Å². The molecule has 0 radical (unpaired) electrons. The molecule has 0 heterocycles. The highest BCUT2D eigenvalue weighted by Gasteiger charge is 2.20. The molecule has 1 aromatic carbocycles. The number of amides is 1. The molecule has 0 aromatic heterocycles. The van der Waals surface area contributed by atoms with E-state index in [1.807, 2.05) is 6.26 Å². The Labute approximate surface area is 103 Å². The molecule has 5 heteroatoms. The third-order valence-electron chi connectivity index (χ3n) is 2.01. The zero-order chi connectivity index (χ0) is 11.4. The van der Waals surface area contributed by atoms with Gasteiger partial charge in [-0.1, -0.05) is 23.2 Å². The van der Waals surface area contributed by atoms with Gasteiger partial charge in [-0.15, -0.1) is 0 Å². The Balaban J connectivity index is 3.09. The molecule has 0 fully saturated rings. The number of rotatable bonds is 4. The molecule has 2 N–H and O–H groups in total. The molecule has 1 rings (SSSR count). The highest BCUT2D eigenvalue weighted by Crippen LogP contribution is 2.29. The molecule has 1 atom stereocenters. The molecule has 15 heavy (non-hydrogen) atoms. The zero-order valence-electron chi connectivity index (χ0n) is 8.17. The van der Waals surface area contributed by atoms with E-state index >= 15 is 0 Å². The number of nitrogens with two attached hydrogens (primary N) is 1. The number of halogens is 2. The van der Waals surface area contributed by atoms with Gasteiger partial charge in [0.1, 0.15) is 0 Å². The lowest BCUT2D eigenvalue weighted by atomic mass is 10.0. The van der Waals surface area contributed by atoms with Crippen molar-refractivity contribution in [3.63, 3.8) is 0 Å². The number of primary amides is 1. The first-order chi connectivity index (χ1) is 7.06. The van der Waals surface area contributed by atoms with Crippen molar-refractivity contribution in [1.29, 1.82) is 0 Å². The van der Waals surface area contributed by atoms with Crippen LogP contribution >= 0.6 is 35.0 Å². The largest absolute Gasteiger partial charge is 0.369 e. The molecule has 0 saturated carbocycles. The average Bonchev–Trinajstić information content (AvgIpc) is 2.18. The molecule has 1 aromatic rings. The summed E-state index contributed by atoms with van der Waals surface area (Å²) in [6.45, 7) is 0. The monoisotopic (exact) mass is 263 g/mol. The number of benzene rings is 1. The van der Waals surface area contributed by atoms with E-state index in [2.05, 4.69) is 0 Å². The van der Waals surface area contributed by atoms with Crippen LogP contribution in [0.2, 0.25) is 10.0 Å². The molecule has 0 aliphatic rings. The van der Waals surface area contributed by atoms with Crippen LogP contribution in [-0.2, 0) is 4.79 Å². The molecule has 1 amide bonds. The van der Waals surface area contributed by atoms with Crippen molar-refractivity contribution >= 4 is 40.9 Å². The van der Waals surface area contributed by atoms with Crippen LogP contribution in [0.4, 0.5) is 0 Å². The van der Waals surface area contributed by atoms with Gasteiger partial charge < -0.3 is 5.73 Å². The van der Waals surface area contributed by atoms with Gasteiger partial charge in [0, 0.05) is 15.8 Å². The van der Waals surface area contributed by atoms with Gasteiger partial charge in [-0.3, -0.25) is 4.79 Å². The summed E-state index contributed by atoms with van der Waals surface area (Å²) in [5.41, 5.74) is 6.02. The van der Waals surface area contributed by atoms with Crippen LogP contribution in [-0.4, -0.2) is 17.9 Å². The lowest BCUT2D eigenvalue weighted by Crippen LogP contribution is -2.23. The van der Waals surface area contributed by atoms with Gasteiger partial charge >= 0.3 is 0 Å². The molecular weight excluding hydrogens is 253 g/mol. The lowest BCUT2D eigenvalue weighted by molar-refractivity contribution is -0.118. The minimum atomic E-state index is -0.383. The van der Waals surface area contributed by atoms with E-state index in [9.17, 15) is 4.79 Å². The molecular formula is C10H11Cl2NOS. The van der Waals surface area contributed by atoms with Crippen LogP contribution in [0.5, 0.6) is 0 Å². The number of thioether (sulfide) groups is 1. The van der Waals surface area contributed by atoms with Crippen molar-refractivity contribution in [2.75, 3.05) is 12.0 Å². The summed E-state index contributed by atoms with van der Waals surface area (Å²) in [5.74, 6) is -0.158. The smallest absolute Gasteiger partial charge is 0.225 e. The van der Waals surface area contributed by atoms with Gasteiger partial charge in [-0.25, -0.2) is 0 Å². The second-order valence-corrected chi connectivity index (χ2v) is 4.83. The quantitative estimate of drug-likeness (QED) is 0.908. The maximum atomic E-state index is 11.3. The average molecular weight is 264 g/mol. The van der Waals surface area contributed by atoms with Crippen LogP contribution in [0.15, 0.2) is 18.2 Å². The van der Waals surface area contributed by atoms with Crippen molar-refractivity contribution < 1.29 is 4.79 Å². The second-order valence-electron chi connectivity index (χ2n) is 3.08. The SMILES string of the molecule is CSCC(C(N)=O)c1cc(Cl)ccc1Cl. The first kappa shape index (κ1) is 12.7. The van der Waals surface area contributed by atoms with Crippen molar-refractivity contribution in [3.8, 4) is 0 Å². The molecule has 2 nitrogen and oxygen atoms in total. The third-order valence-corrected chi connectivity index (χ3v) is 3.26. The van der Waals surface area contributed by atoms with E-state index in [1.54, 1.807) is 30.0 Å². The minimum absolute atomic E-state index is 0.381. The third kappa shape index (κ3) is 3.30. The van der Waals surface area contributed by atoms with E-state index < -0.39 is 0 Å². The van der Waals surface area contributed by atoms with E-state index in [1.165, 1.54) is 0 Å². The Morgan fingerprint density at radius 2 is 2.20 bits per heavy atom. The standard InChI is InChI=1S/C10H11Cl2NOS/c1-15-5-8(10(13)14)7-4-6(11)2-3-9(7)12/h2-4,8H,5H2,1H3,(H2,13,14). The predicted octanol–water partition coefficient (Wildman–Crippen LogP) is 2.93. The summed E-state index contributed by atoms with van der Waals surface area (Å²) < 4.78 is 0. The van der Waals surface area contributed by atoms with Gasteiger partial charge in [0.2, 0.25) is 5.91 Å². The molecule has 82 valence electrons. The van der Waals surface area contributed by atoms with Crippen LogP contribution < -0.4 is 5.73 Å². The van der Waals surface area contributed by atoms with Crippen LogP contribution in [0, 0.1) is 0 Å². The first-order valence-electron chi connectivity index (χ1n) is 4.29. The van der Waals surface area contributed by atoms with Gasteiger partial charge in [0.25, 0.3) is 0 Å². The Morgan fingerprint density at radius 1 is 1.53 bits per heavy atom. The number of carbonyl (C=O) groups excluding carboxylic acids is 1. The maximum Gasteiger partial charge on any atom is 0.225 e. The van der Waals surface area contributed by atoms with E-state index in [-0.39, 0.29) is 11.8 Å². The maximum absolute atomic E-state index is 11.3. The van der Waals surface area contributed by atoms with Crippen molar-refractivity contribution in [3.05, 3.63) is 33.8 Å². The number of carbonyl (C=O) groups is 1. The van der Waals surface area contributed by atoms with Crippen LogP contribution in [0.3, 0.4) is 0 Å². The van der Waals surface area contributed by atoms with Crippen LogP contribution in [0.1, 0.15) is 11.5 Å². The first-order valence-corrected chi connectivity index (χ1v) is 6.44. The Morgan fingerprint density at radius 3 is 2.73 bits per heavy atom. The molecule has 0 aliphatic heterocycles. The van der Waals surface area contributed by atoms with Gasteiger partial charge in [-0.05, 0) is 30.0 Å². The fourth-order valence-electron chi connectivity index (χ4n) is 1.27. The zero-order valence-corrected chi connectivity index (χ0v) is 10.5. The highest BCUT2D eigenvalue weighted by atomic mass is 35.5. The highest BCUT2D eigenvalue weighted by molar-refractivity contribution is 7.98. The number of hydrogen-bond donors (Lipinski definition) is 1. The molecule has 0 saturated heterocycles. The Kier molecular flexibility index (Phi) is 4.77. The second kappa shape index (κ2) is 5.64. The summed E-state index contributed by atoms with van der Waals surface area (Å²) in [6, 6.07) is 5.05. The predicted molar refractivity (Wildman–Crippen MR) is 66.8 cm³/mol. The van der Waals surface area contributed by atoms with Crippen molar-refractivity contribution in [2.24, 2.45) is 5.73 Å². The molecule has 0 aliphatic carbocycles. The number of hydrogen-bond acceptors (Lipinski definition) is 2. The van der Waals surface area contributed by atoms with E-state index in [0.29, 0.717) is 21.4 Å². The molecule has 1 unspecified atom stereocenters. The fourth-order valence-corrected chi connectivity index (χ4v) is 2.38. The lowest BCUT2D eigenvalue weighted by Gasteiger charge is -2.14. The summed E-state index contributed by atoms with van der Waals surface area (Å²) in [7, 11) is 0. The molecule has 0 spiro atoms. The van der Waals surface area contributed by atoms with Gasteiger partial charge in [0.15, 0.2) is 0 Å². The van der Waals surface area contributed by atoms with Crippen molar-refractivity contribution in [2.45, 2.75) is 5.92 Å². The summed E-state index contributed by atoms with van der Waals surface area (Å²) in [4.78, 5) is 11.3. The Hall–Kier alpha value is -0.380. The summed E-state index contributed by atoms with van der Waals surface area (Å²) in [5, 5.41) is 1.08. The minimum Gasteiger partial charge on any atom is -0.369 e. The van der Waals surface area contributed by atoms with E-state index in [4.69, 9.17) is 28.9 Å². The van der Waals surface area contributed by atoms with Gasteiger partial charge in [-0.2, -0.15) is 11.8 Å². The summed E-state index contributed by atoms with van der Waals surface area (Å²) >= 11 is 13.4. The van der Waals surface area contributed by atoms with Crippen LogP contribution in [0.25, 0.3) is 0 Å². The van der Waals surface area contributed by atoms with Gasteiger partial charge in [0.05, 0.1) is 5.92 Å². The Bertz CT molecular complexity index is 370. The normalized spacial score (nSPS) is 12.5. The van der Waals surface area contributed by atoms with E-state index in [0.717, 1.165) is 0 Å².